The van der Waals surface area contributed by atoms with Crippen molar-refractivity contribution in [3.63, 3.8) is 0 Å². The molecule has 1 amide bonds. The molecule has 5 nitrogen and oxygen atoms in total. The van der Waals surface area contributed by atoms with Crippen molar-refractivity contribution in [2.75, 3.05) is 15.8 Å². The molecular formula is C23H24N2O3S. The Morgan fingerprint density at radius 2 is 1.41 bits per heavy atom. The van der Waals surface area contributed by atoms with Gasteiger partial charge in [0.2, 0.25) is 10.0 Å². The second kappa shape index (κ2) is 9.39. The smallest absolute Gasteiger partial charge is 0.255 e. The van der Waals surface area contributed by atoms with Gasteiger partial charge in [0.05, 0.1) is 5.75 Å². The van der Waals surface area contributed by atoms with Gasteiger partial charge in [0.15, 0.2) is 0 Å². The second-order valence-electron chi connectivity index (χ2n) is 6.68. The normalized spacial score (nSPS) is 11.1. The Kier molecular flexibility index (Phi) is 6.67. The first-order valence-electron chi connectivity index (χ1n) is 9.50. The first-order valence-corrected chi connectivity index (χ1v) is 11.2. The number of amides is 1. The highest BCUT2D eigenvalue weighted by atomic mass is 32.2. The topological polar surface area (TPSA) is 75.3 Å². The Labute approximate surface area is 171 Å². The van der Waals surface area contributed by atoms with Gasteiger partial charge in [-0.2, -0.15) is 0 Å². The van der Waals surface area contributed by atoms with Crippen LogP contribution in [0.5, 0.6) is 0 Å². The number of aryl methyl sites for hydroxylation is 2. The van der Waals surface area contributed by atoms with Gasteiger partial charge in [0, 0.05) is 16.9 Å². The average Bonchev–Trinajstić information content (AvgIpc) is 2.74. The van der Waals surface area contributed by atoms with Crippen LogP contribution in [0.15, 0.2) is 78.9 Å². The van der Waals surface area contributed by atoms with Crippen molar-refractivity contribution in [3.05, 3.63) is 95.6 Å². The van der Waals surface area contributed by atoms with Crippen LogP contribution < -0.4 is 10.0 Å². The van der Waals surface area contributed by atoms with Crippen LogP contribution >= 0.6 is 0 Å². The monoisotopic (exact) mass is 408 g/mol. The van der Waals surface area contributed by atoms with Crippen molar-refractivity contribution in [1.82, 2.24) is 0 Å². The number of carbonyl (C=O) groups is 1. The Hall–Kier alpha value is -3.12. The van der Waals surface area contributed by atoms with Gasteiger partial charge in [-0.3, -0.25) is 9.52 Å². The minimum atomic E-state index is -3.32. The molecule has 0 unspecified atom stereocenters. The molecule has 0 aliphatic rings. The Morgan fingerprint density at radius 1 is 0.793 bits per heavy atom. The van der Waals surface area contributed by atoms with E-state index in [4.69, 9.17) is 0 Å². The highest BCUT2D eigenvalue weighted by Crippen LogP contribution is 2.18. The van der Waals surface area contributed by atoms with E-state index in [2.05, 4.69) is 22.2 Å². The molecule has 0 heterocycles. The third-order valence-electron chi connectivity index (χ3n) is 4.58. The summed E-state index contributed by atoms with van der Waals surface area (Å²) in [5, 5.41) is 2.88. The molecule has 0 aliphatic carbocycles. The lowest BCUT2D eigenvalue weighted by atomic mass is 9.99. The maximum absolute atomic E-state index is 12.8. The van der Waals surface area contributed by atoms with Gasteiger partial charge in [-0.25, -0.2) is 8.42 Å². The summed E-state index contributed by atoms with van der Waals surface area (Å²) in [6.45, 7) is 1.58. The van der Waals surface area contributed by atoms with E-state index in [0.29, 0.717) is 16.9 Å². The molecule has 3 aromatic carbocycles. The maximum Gasteiger partial charge on any atom is 0.255 e. The van der Waals surface area contributed by atoms with Crippen LogP contribution in [-0.4, -0.2) is 20.1 Å². The van der Waals surface area contributed by atoms with E-state index in [-0.39, 0.29) is 11.7 Å². The largest absolute Gasteiger partial charge is 0.322 e. The average molecular weight is 409 g/mol. The molecule has 2 N–H and O–H groups in total. The fourth-order valence-electron chi connectivity index (χ4n) is 2.96. The molecule has 29 heavy (non-hydrogen) atoms. The summed E-state index contributed by atoms with van der Waals surface area (Å²) in [6, 6.07) is 24.4. The van der Waals surface area contributed by atoms with Crippen molar-refractivity contribution in [3.8, 4) is 0 Å². The fraction of sp³-hybridized carbons (Fsp3) is 0.174. The molecule has 0 spiro atoms. The van der Waals surface area contributed by atoms with Gasteiger partial charge in [-0.1, -0.05) is 48.5 Å². The number of hydrogen-bond acceptors (Lipinski definition) is 3. The van der Waals surface area contributed by atoms with Crippen molar-refractivity contribution in [2.24, 2.45) is 0 Å². The van der Waals surface area contributed by atoms with E-state index < -0.39 is 10.0 Å². The van der Waals surface area contributed by atoms with Crippen LogP contribution in [0, 0.1) is 0 Å². The lowest BCUT2D eigenvalue weighted by Crippen LogP contribution is -2.16. The van der Waals surface area contributed by atoms with Gasteiger partial charge in [0.25, 0.3) is 5.91 Å². The number of benzene rings is 3. The third kappa shape index (κ3) is 5.93. The summed E-state index contributed by atoms with van der Waals surface area (Å²) < 4.78 is 25.8. The van der Waals surface area contributed by atoms with Gasteiger partial charge in [-0.05, 0) is 61.2 Å². The minimum absolute atomic E-state index is 0.00521. The van der Waals surface area contributed by atoms with Crippen molar-refractivity contribution >= 4 is 27.3 Å². The second-order valence-corrected chi connectivity index (χ2v) is 8.69. The summed E-state index contributed by atoms with van der Waals surface area (Å²) in [6.07, 6.45) is 1.63. The summed E-state index contributed by atoms with van der Waals surface area (Å²) in [7, 11) is -3.32. The van der Waals surface area contributed by atoms with Crippen LogP contribution in [0.1, 0.15) is 28.4 Å². The van der Waals surface area contributed by atoms with E-state index in [0.717, 1.165) is 18.4 Å². The van der Waals surface area contributed by atoms with Gasteiger partial charge in [-0.15, -0.1) is 0 Å². The molecule has 0 fully saturated rings. The van der Waals surface area contributed by atoms with E-state index in [9.17, 15) is 13.2 Å². The van der Waals surface area contributed by atoms with Gasteiger partial charge in [0.1, 0.15) is 0 Å². The van der Waals surface area contributed by atoms with Crippen LogP contribution in [-0.2, 0) is 22.9 Å². The van der Waals surface area contributed by atoms with E-state index in [1.54, 1.807) is 31.2 Å². The SMILES string of the molecule is CCS(=O)(=O)Nc1ccc(NC(=O)c2ccccc2CCc2ccccc2)cc1. The minimum Gasteiger partial charge on any atom is -0.322 e. The summed E-state index contributed by atoms with van der Waals surface area (Å²) in [5.74, 6) is -0.179. The molecule has 0 atom stereocenters. The number of rotatable bonds is 8. The van der Waals surface area contributed by atoms with Crippen molar-refractivity contribution in [2.45, 2.75) is 19.8 Å². The summed E-state index contributed by atoms with van der Waals surface area (Å²) in [4.78, 5) is 12.8. The Bertz CT molecular complexity index is 1060. The first kappa shape index (κ1) is 20.6. The molecule has 0 radical (unpaired) electrons. The standard InChI is InChI=1S/C23H24N2O3S/c1-2-29(27,28)25-21-16-14-20(15-17-21)24-23(26)22-11-7-6-10-19(22)13-12-18-8-4-3-5-9-18/h3-11,14-17,25H,2,12-13H2,1H3,(H,24,26). The summed E-state index contributed by atoms with van der Waals surface area (Å²) >= 11 is 0. The third-order valence-corrected chi connectivity index (χ3v) is 5.89. The van der Waals surface area contributed by atoms with Crippen LogP contribution in [0.3, 0.4) is 0 Å². The predicted molar refractivity (Wildman–Crippen MR) is 118 cm³/mol. The zero-order valence-electron chi connectivity index (χ0n) is 16.3. The number of nitrogens with one attached hydrogen (secondary N) is 2. The van der Waals surface area contributed by atoms with Crippen molar-refractivity contribution < 1.29 is 13.2 Å². The number of sulfonamides is 1. The van der Waals surface area contributed by atoms with Gasteiger partial charge < -0.3 is 5.32 Å². The quantitative estimate of drug-likeness (QED) is 0.577. The van der Waals surface area contributed by atoms with E-state index in [1.807, 2.05) is 42.5 Å². The van der Waals surface area contributed by atoms with E-state index in [1.165, 1.54) is 5.56 Å². The maximum atomic E-state index is 12.8. The predicted octanol–water partition coefficient (Wildman–Crippen LogP) is 4.49. The lowest BCUT2D eigenvalue weighted by Gasteiger charge is -2.11. The molecule has 0 saturated heterocycles. The highest BCUT2D eigenvalue weighted by Gasteiger charge is 2.12. The van der Waals surface area contributed by atoms with Crippen molar-refractivity contribution in [1.29, 1.82) is 0 Å². The zero-order valence-corrected chi connectivity index (χ0v) is 17.1. The lowest BCUT2D eigenvalue weighted by molar-refractivity contribution is 0.102. The molecule has 0 aliphatic heterocycles. The van der Waals surface area contributed by atoms with Crippen LogP contribution in [0.2, 0.25) is 0 Å². The fourth-order valence-corrected chi connectivity index (χ4v) is 3.59. The molecule has 150 valence electrons. The van der Waals surface area contributed by atoms with Crippen LogP contribution in [0.25, 0.3) is 0 Å². The van der Waals surface area contributed by atoms with Crippen LogP contribution in [0.4, 0.5) is 11.4 Å². The molecule has 3 aromatic rings. The molecule has 6 heteroatoms. The molecule has 0 saturated carbocycles. The van der Waals surface area contributed by atoms with E-state index >= 15 is 0 Å². The zero-order chi connectivity index (χ0) is 20.7. The number of carbonyl (C=O) groups excluding carboxylic acids is 1. The number of anilines is 2. The first-order chi connectivity index (χ1) is 14.0. The highest BCUT2D eigenvalue weighted by molar-refractivity contribution is 7.92. The summed E-state index contributed by atoms with van der Waals surface area (Å²) in [5.41, 5.74) is 3.92. The molecule has 0 bridgehead atoms. The number of hydrogen-bond donors (Lipinski definition) is 2. The molecule has 3 rings (SSSR count). The molecule has 0 aromatic heterocycles. The Morgan fingerprint density at radius 3 is 2.10 bits per heavy atom. The molecular weight excluding hydrogens is 384 g/mol. The Balaban J connectivity index is 1.68. The van der Waals surface area contributed by atoms with Gasteiger partial charge >= 0.3 is 0 Å².